The maximum atomic E-state index is 14.6. The maximum Gasteiger partial charge on any atom is 0.262 e. The highest BCUT2D eigenvalue weighted by Gasteiger charge is 2.35. The number of fused-ring (bicyclic) bond motifs is 2. The van der Waals surface area contributed by atoms with Gasteiger partial charge in [-0.15, -0.1) is 0 Å². The van der Waals surface area contributed by atoms with E-state index in [1.165, 1.54) is 0 Å². The van der Waals surface area contributed by atoms with E-state index in [0.29, 0.717) is 11.1 Å². The van der Waals surface area contributed by atoms with Gasteiger partial charge in [-0.3, -0.25) is 14.5 Å². The second-order valence-corrected chi connectivity index (χ2v) is 9.72. The molecule has 0 atom stereocenters. The molecule has 0 spiro atoms. The van der Waals surface area contributed by atoms with Gasteiger partial charge in [0.2, 0.25) is 16.7 Å². The van der Waals surface area contributed by atoms with Gasteiger partial charge in [0.15, 0.2) is 0 Å². The third kappa shape index (κ3) is 4.19. The second-order valence-electron chi connectivity index (χ2n) is 9.72. The predicted octanol–water partition coefficient (Wildman–Crippen LogP) is 6.89. The molecule has 0 N–H and O–H groups in total. The molecule has 37 heavy (non-hydrogen) atoms. The van der Waals surface area contributed by atoms with Crippen LogP contribution in [0, 0.1) is 0 Å². The minimum absolute atomic E-state index is 0.104. The molecular formula is C33H29N2O2+. The minimum Gasteiger partial charge on any atom is -0.271 e. The van der Waals surface area contributed by atoms with Crippen molar-refractivity contribution in [1.82, 2.24) is 4.90 Å². The van der Waals surface area contributed by atoms with E-state index in [4.69, 9.17) is 0 Å². The SMILES string of the molecule is O=C(c1ccccc1)N(C(=O)c1c2ccccc2[n+](-c2ccccc2)c2ccccc12)C1CCCCC1. The van der Waals surface area contributed by atoms with Crippen molar-refractivity contribution in [2.45, 2.75) is 38.1 Å². The van der Waals surface area contributed by atoms with Gasteiger partial charge in [-0.2, -0.15) is 4.57 Å². The van der Waals surface area contributed by atoms with Crippen molar-refractivity contribution in [2.24, 2.45) is 0 Å². The summed E-state index contributed by atoms with van der Waals surface area (Å²) < 4.78 is 2.20. The lowest BCUT2D eigenvalue weighted by Crippen LogP contribution is -2.46. The van der Waals surface area contributed by atoms with E-state index < -0.39 is 0 Å². The van der Waals surface area contributed by atoms with Crippen molar-refractivity contribution in [3.05, 3.63) is 120 Å². The first-order valence-electron chi connectivity index (χ1n) is 13.1. The maximum absolute atomic E-state index is 14.6. The Morgan fingerprint density at radius 1 is 0.595 bits per heavy atom. The molecule has 4 nitrogen and oxygen atoms in total. The lowest BCUT2D eigenvalue weighted by atomic mass is 9.92. The number of hydrogen-bond donors (Lipinski definition) is 0. The molecule has 1 saturated carbocycles. The topological polar surface area (TPSA) is 41.3 Å². The number of imide groups is 1. The Balaban J connectivity index is 1.61. The molecule has 1 aromatic heterocycles. The summed E-state index contributed by atoms with van der Waals surface area (Å²) in [5.41, 5.74) is 4.04. The standard InChI is InChI=1S/C33H29N2O2/c36-32(24-14-4-1-5-15-24)35(26-18-8-3-9-19-26)33(37)31-27-20-10-12-22-29(27)34(25-16-6-2-7-17-25)30-23-13-11-21-28(30)31/h1-2,4-7,10-17,20-23,26H,3,8-9,18-19H2/q+1. The van der Waals surface area contributed by atoms with E-state index in [-0.39, 0.29) is 17.9 Å². The molecule has 182 valence electrons. The van der Waals surface area contributed by atoms with Crippen LogP contribution in [0.1, 0.15) is 52.8 Å². The van der Waals surface area contributed by atoms with Gasteiger partial charge in [0, 0.05) is 35.9 Å². The molecule has 1 fully saturated rings. The summed E-state index contributed by atoms with van der Waals surface area (Å²) in [5.74, 6) is -0.432. The van der Waals surface area contributed by atoms with Crippen molar-refractivity contribution < 1.29 is 14.2 Å². The number of aromatic nitrogens is 1. The van der Waals surface area contributed by atoms with Crippen molar-refractivity contribution in [1.29, 1.82) is 0 Å². The Bertz CT molecular complexity index is 1530. The van der Waals surface area contributed by atoms with Gasteiger partial charge < -0.3 is 0 Å². The molecule has 0 saturated heterocycles. The summed E-state index contributed by atoms with van der Waals surface area (Å²) in [6.45, 7) is 0. The molecule has 4 aromatic carbocycles. The number of nitrogens with zero attached hydrogens (tertiary/aromatic N) is 2. The normalized spacial score (nSPS) is 14.1. The highest BCUT2D eigenvalue weighted by atomic mass is 16.2. The Kier molecular flexibility index (Phi) is 6.23. The molecule has 1 aliphatic rings. The minimum atomic E-state index is -0.217. The highest BCUT2D eigenvalue weighted by Crippen LogP contribution is 2.31. The monoisotopic (exact) mass is 485 g/mol. The fraction of sp³-hybridized carbons (Fsp3) is 0.182. The summed E-state index contributed by atoms with van der Waals surface area (Å²) in [6.07, 6.45) is 4.89. The van der Waals surface area contributed by atoms with Crippen molar-refractivity contribution in [3.63, 3.8) is 0 Å². The van der Waals surface area contributed by atoms with Gasteiger partial charge in [0.1, 0.15) is 0 Å². The van der Waals surface area contributed by atoms with E-state index in [9.17, 15) is 9.59 Å². The highest BCUT2D eigenvalue weighted by molar-refractivity contribution is 6.20. The molecule has 4 heteroatoms. The fourth-order valence-corrected chi connectivity index (χ4v) is 5.72. The smallest absolute Gasteiger partial charge is 0.262 e. The number of carbonyl (C=O) groups is 2. The number of hydrogen-bond acceptors (Lipinski definition) is 2. The van der Waals surface area contributed by atoms with Crippen molar-refractivity contribution in [3.8, 4) is 5.69 Å². The van der Waals surface area contributed by atoms with Gasteiger partial charge in [-0.1, -0.05) is 79.9 Å². The van der Waals surface area contributed by atoms with Crippen molar-refractivity contribution in [2.75, 3.05) is 0 Å². The Labute approximate surface area is 216 Å². The van der Waals surface area contributed by atoms with Gasteiger partial charge >= 0.3 is 0 Å². The first-order chi connectivity index (χ1) is 18.2. The van der Waals surface area contributed by atoms with Crippen LogP contribution < -0.4 is 4.57 Å². The molecule has 5 aromatic rings. The number of rotatable bonds is 4. The van der Waals surface area contributed by atoms with E-state index >= 15 is 0 Å². The van der Waals surface area contributed by atoms with E-state index in [1.54, 1.807) is 17.0 Å². The zero-order valence-electron chi connectivity index (χ0n) is 20.7. The molecule has 0 aliphatic heterocycles. The quantitative estimate of drug-likeness (QED) is 0.158. The first-order valence-corrected chi connectivity index (χ1v) is 13.1. The van der Waals surface area contributed by atoms with Gasteiger partial charge in [0.05, 0.1) is 16.3 Å². The van der Waals surface area contributed by atoms with Crippen molar-refractivity contribution >= 4 is 33.6 Å². The summed E-state index contributed by atoms with van der Waals surface area (Å²) in [7, 11) is 0. The zero-order valence-corrected chi connectivity index (χ0v) is 20.7. The molecule has 0 radical (unpaired) electrons. The van der Waals surface area contributed by atoms with Crippen LogP contribution in [-0.4, -0.2) is 22.8 Å². The number of pyridine rings is 1. The third-order valence-electron chi connectivity index (χ3n) is 7.46. The van der Waals surface area contributed by atoms with Gasteiger partial charge in [-0.25, -0.2) is 0 Å². The molecule has 0 bridgehead atoms. The Morgan fingerprint density at radius 2 is 1.11 bits per heavy atom. The zero-order chi connectivity index (χ0) is 25.2. The number of amides is 2. The number of carbonyl (C=O) groups excluding carboxylic acids is 2. The summed E-state index contributed by atoms with van der Waals surface area (Å²) in [5, 5.41) is 1.69. The third-order valence-corrected chi connectivity index (χ3v) is 7.46. The molecule has 0 unspecified atom stereocenters. The number of para-hydroxylation sites is 3. The van der Waals surface area contributed by atoms with Gasteiger partial charge in [0.25, 0.3) is 11.8 Å². The summed E-state index contributed by atoms with van der Waals surface area (Å²) in [6, 6.07) is 35.3. The molecular weight excluding hydrogens is 456 g/mol. The average molecular weight is 486 g/mol. The van der Waals surface area contributed by atoms with Crippen LogP contribution in [0.15, 0.2) is 109 Å². The average Bonchev–Trinajstić information content (AvgIpc) is 2.97. The molecule has 1 aliphatic carbocycles. The van der Waals surface area contributed by atoms with Crippen LogP contribution in [-0.2, 0) is 0 Å². The summed E-state index contributed by atoms with van der Waals surface area (Å²) >= 11 is 0. The predicted molar refractivity (Wildman–Crippen MR) is 147 cm³/mol. The number of benzene rings is 4. The summed E-state index contributed by atoms with van der Waals surface area (Å²) in [4.78, 5) is 30.1. The van der Waals surface area contributed by atoms with Crippen LogP contribution in [0.5, 0.6) is 0 Å². The lowest BCUT2D eigenvalue weighted by Gasteiger charge is -2.33. The van der Waals surface area contributed by atoms with Crippen LogP contribution in [0.4, 0.5) is 0 Å². The fourth-order valence-electron chi connectivity index (χ4n) is 5.72. The van der Waals surface area contributed by atoms with E-state index in [2.05, 4.69) is 28.8 Å². The van der Waals surface area contributed by atoms with E-state index in [0.717, 1.165) is 59.6 Å². The Morgan fingerprint density at radius 3 is 1.70 bits per heavy atom. The molecule has 6 rings (SSSR count). The lowest BCUT2D eigenvalue weighted by molar-refractivity contribution is -0.538. The molecule has 2 amide bonds. The largest absolute Gasteiger partial charge is 0.271 e. The van der Waals surface area contributed by atoms with E-state index in [1.807, 2.05) is 72.8 Å². The van der Waals surface area contributed by atoms with Crippen LogP contribution in [0.3, 0.4) is 0 Å². The Hall–Kier alpha value is -4.31. The second kappa shape index (κ2) is 9.98. The van der Waals surface area contributed by atoms with Crippen LogP contribution in [0.2, 0.25) is 0 Å². The van der Waals surface area contributed by atoms with Crippen LogP contribution >= 0.6 is 0 Å². The molecule has 1 heterocycles. The van der Waals surface area contributed by atoms with Crippen LogP contribution in [0.25, 0.3) is 27.5 Å². The van der Waals surface area contributed by atoms with Gasteiger partial charge in [-0.05, 0) is 37.1 Å². The first kappa shape index (κ1) is 23.1.